The summed E-state index contributed by atoms with van der Waals surface area (Å²) in [6.07, 6.45) is 2.86. The van der Waals surface area contributed by atoms with Crippen LogP contribution >= 0.6 is 11.8 Å². The molecule has 0 spiro atoms. The molecule has 19 heavy (non-hydrogen) atoms. The summed E-state index contributed by atoms with van der Waals surface area (Å²) in [5.74, 6) is 0.960. The third kappa shape index (κ3) is 4.80. The molecule has 0 radical (unpaired) electrons. The zero-order chi connectivity index (χ0) is 14.3. The third-order valence-electron chi connectivity index (χ3n) is 2.87. The van der Waals surface area contributed by atoms with Gasteiger partial charge in [0.2, 0.25) is 10.0 Å². The Bertz CT molecular complexity index is 501. The van der Waals surface area contributed by atoms with Crippen molar-refractivity contribution >= 4 is 21.8 Å². The number of nitrogens with one attached hydrogen (secondary N) is 2. The topological polar surface area (TPSA) is 58.2 Å². The SMILES string of the molecule is CNCc1cccc(S(=O)(=O)NCCCSC)c1C. The third-order valence-corrected chi connectivity index (χ3v) is 5.17. The van der Waals surface area contributed by atoms with Gasteiger partial charge < -0.3 is 5.32 Å². The van der Waals surface area contributed by atoms with E-state index in [1.807, 2.05) is 26.3 Å². The maximum atomic E-state index is 12.2. The van der Waals surface area contributed by atoms with E-state index >= 15 is 0 Å². The van der Waals surface area contributed by atoms with E-state index in [2.05, 4.69) is 10.0 Å². The number of thioether (sulfide) groups is 1. The zero-order valence-corrected chi connectivity index (χ0v) is 13.3. The van der Waals surface area contributed by atoms with Gasteiger partial charge in [-0.05, 0) is 49.6 Å². The van der Waals surface area contributed by atoms with Crippen LogP contribution in [0.4, 0.5) is 0 Å². The molecule has 0 aliphatic rings. The number of sulfonamides is 1. The molecule has 0 aliphatic carbocycles. The number of benzene rings is 1. The molecule has 6 heteroatoms. The maximum absolute atomic E-state index is 12.2. The van der Waals surface area contributed by atoms with Gasteiger partial charge in [0.25, 0.3) is 0 Å². The first-order chi connectivity index (χ1) is 9.03. The minimum Gasteiger partial charge on any atom is -0.316 e. The molecule has 0 fully saturated rings. The molecule has 0 aromatic heterocycles. The Morgan fingerprint density at radius 2 is 2.05 bits per heavy atom. The molecule has 0 bridgehead atoms. The monoisotopic (exact) mass is 302 g/mol. The molecule has 1 aromatic carbocycles. The minimum atomic E-state index is -3.40. The molecule has 108 valence electrons. The van der Waals surface area contributed by atoms with Crippen molar-refractivity contribution in [3.8, 4) is 0 Å². The van der Waals surface area contributed by atoms with Crippen LogP contribution in [0.3, 0.4) is 0 Å². The van der Waals surface area contributed by atoms with Gasteiger partial charge in [0, 0.05) is 13.1 Å². The summed E-state index contributed by atoms with van der Waals surface area (Å²) < 4.78 is 27.1. The van der Waals surface area contributed by atoms with Crippen LogP contribution in [0.2, 0.25) is 0 Å². The molecule has 0 aliphatic heterocycles. The summed E-state index contributed by atoms with van der Waals surface area (Å²) in [5, 5.41) is 3.05. The highest BCUT2D eigenvalue weighted by Crippen LogP contribution is 2.18. The lowest BCUT2D eigenvalue weighted by Gasteiger charge is -2.12. The van der Waals surface area contributed by atoms with Crippen molar-refractivity contribution in [1.29, 1.82) is 0 Å². The minimum absolute atomic E-state index is 0.379. The van der Waals surface area contributed by atoms with E-state index in [1.54, 1.807) is 23.9 Å². The Kier molecular flexibility index (Phi) is 6.85. The molecular weight excluding hydrogens is 280 g/mol. The van der Waals surface area contributed by atoms with Crippen LogP contribution in [0.5, 0.6) is 0 Å². The fourth-order valence-electron chi connectivity index (χ4n) is 1.83. The first kappa shape index (κ1) is 16.5. The van der Waals surface area contributed by atoms with Crippen LogP contribution < -0.4 is 10.0 Å². The van der Waals surface area contributed by atoms with Crippen molar-refractivity contribution in [2.45, 2.75) is 24.8 Å². The van der Waals surface area contributed by atoms with Gasteiger partial charge in [0.15, 0.2) is 0 Å². The van der Waals surface area contributed by atoms with E-state index in [9.17, 15) is 8.42 Å². The summed E-state index contributed by atoms with van der Waals surface area (Å²) in [7, 11) is -1.55. The second-order valence-corrected chi connectivity index (χ2v) is 7.04. The highest BCUT2D eigenvalue weighted by atomic mass is 32.2. The molecule has 2 N–H and O–H groups in total. The first-order valence-corrected chi connectivity index (χ1v) is 9.12. The van der Waals surface area contributed by atoms with Gasteiger partial charge in [-0.2, -0.15) is 11.8 Å². The normalized spacial score (nSPS) is 11.7. The standard InChI is InChI=1S/C13H22N2O2S2/c1-11-12(10-14-2)6-4-7-13(11)19(16,17)15-8-5-9-18-3/h4,6-7,14-15H,5,8-10H2,1-3H3. The van der Waals surface area contributed by atoms with Crippen molar-refractivity contribution in [1.82, 2.24) is 10.0 Å². The average Bonchev–Trinajstić information content (AvgIpc) is 2.37. The first-order valence-electron chi connectivity index (χ1n) is 6.24. The molecule has 0 saturated carbocycles. The van der Waals surface area contributed by atoms with E-state index in [0.717, 1.165) is 23.3 Å². The molecule has 0 unspecified atom stereocenters. The predicted molar refractivity (Wildman–Crippen MR) is 82.1 cm³/mol. The average molecular weight is 302 g/mol. The van der Waals surface area contributed by atoms with E-state index in [1.165, 1.54) is 0 Å². The summed E-state index contributed by atoms with van der Waals surface area (Å²) in [5.41, 5.74) is 1.82. The highest BCUT2D eigenvalue weighted by molar-refractivity contribution is 7.98. The molecule has 1 aromatic rings. The van der Waals surface area contributed by atoms with E-state index in [4.69, 9.17) is 0 Å². The van der Waals surface area contributed by atoms with Crippen LogP contribution in [0, 0.1) is 6.92 Å². The smallest absolute Gasteiger partial charge is 0.240 e. The lowest BCUT2D eigenvalue weighted by atomic mass is 10.1. The van der Waals surface area contributed by atoms with Crippen molar-refractivity contribution in [3.63, 3.8) is 0 Å². The summed E-state index contributed by atoms with van der Waals surface area (Å²) in [6.45, 7) is 3.00. The van der Waals surface area contributed by atoms with Gasteiger partial charge in [-0.1, -0.05) is 12.1 Å². The molecule has 0 saturated heterocycles. The lowest BCUT2D eigenvalue weighted by Crippen LogP contribution is -2.26. The quantitative estimate of drug-likeness (QED) is 0.718. The van der Waals surface area contributed by atoms with Gasteiger partial charge in [-0.25, -0.2) is 13.1 Å². The highest BCUT2D eigenvalue weighted by Gasteiger charge is 2.17. The van der Waals surface area contributed by atoms with Crippen molar-refractivity contribution in [3.05, 3.63) is 29.3 Å². The molecule has 0 amide bonds. The molecular formula is C13H22N2O2S2. The Labute approximate surface area is 120 Å². The molecule has 0 atom stereocenters. The lowest BCUT2D eigenvalue weighted by molar-refractivity contribution is 0.580. The summed E-state index contributed by atoms with van der Waals surface area (Å²) in [6, 6.07) is 5.39. The number of hydrogen-bond donors (Lipinski definition) is 2. The van der Waals surface area contributed by atoms with E-state index in [-0.39, 0.29) is 0 Å². The van der Waals surface area contributed by atoms with Gasteiger partial charge >= 0.3 is 0 Å². The number of hydrogen-bond acceptors (Lipinski definition) is 4. The van der Waals surface area contributed by atoms with Gasteiger partial charge in [0.1, 0.15) is 0 Å². The Hall–Kier alpha value is -0.560. The van der Waals surface area contributed by atoms with E-state index < -0.39 is 10.0 Å². The second-order valence-electron chi connectivity index (χ2n) is 4.31. The van der Waals surface area contributed by atoms with Crippen LogP contribution in [0.15, 0.2) is 23.1 Å². The van der Waals surface area contributed by atoms with Crippen LogP contribution in [-0.2, 0) is 16.6 Å². The Morgan fingerprint density at radius 1 is 1.32 bits per heavy atom. The Balaban J connectivity index is 2.86. The van der Waals surface area contributed by atoms with Gasteiger partial charge in [-0.3, -0.25) is 0 Å². The zero-order valence-electron chi connectivity index (χ0n) is 11.7. The largest absolute Gasteiger partial charge is 0.316 e. The maximum Gasteiger partial charge on any atom is 0.240 e. The molecule has 0 heterocycles. The van der Waals surface area contributed by atoms with Crippen LogP contribution in [-0.4, -0.2) is 34.0 Å². The summed E-state index contributed by atoms with van der Waals surface area (Å²) >= 11 is 1.72. The van der Waals surface area contributed by atoms with Crippen molar-refractivity contribution in [2.24, 2.45) is 0 Å². The summed E-state index contributed by atoms with van der Waals surface area (Å²) in [4.78, 5) is 0.379. The molecule has 1 rings (SSSR count). The fourth-order valence-corrected chi connectivity index (χ4v) is 3.63. The molecule has 4 nitrogen and oxygen atoms in total. The van der Waals surface area contributed by atoms with Gasteiger partial charge in [-0.15, -0.1) is 0 Å². The number of rotatable bonds is 8. The van der Waals surface area contributed by atoms with Crippen LogP contribution in [0.1, 0.15) is 17.5 Å². The van der Waals surface area contributed by atoms with Gasteiger partial charge in [0.05, 0.1) is 4.90 Å². The van der Waals surface area contributed by atoms with Crippen molar-refractivity contribution in [2.75, 3.05) is 25.6 Å². The predicted octanol–water partition coefficient (Wildman–Crippen LogP) is 1.75. The Morgan fingerprint density at radius 3 is 2.68 bits per heavy atom. The van der Waals surface area contributed by atoms with Crippen LogP contribution in [0.25, 0.3) is 0 Å². The second kappa shape index (κ2) is 7.89. The fraction of sp³-hybridized carbons (Fsp3) is 0.538. The van der Waals surface area contributed by atoms with Crippen molar-refractivity contribution < 1.29 is 8.42 Å². The van der Waals surface area contributed by atoms with E-state index in [0.29, 0.717) is 18.0 Å².